The van der Waals surface area contributed by atoms with Crippen molar-refractivity contribution >= 4 is 17.6 Å². The summed E-state index contributed by atoms with van der Waals surface area (Å²) in [7, 11) is 2.75. The molecular formula is C13H17ClO4. The van der Waals surface area contributed by atoms with Gasteiger partial charge in [-0.1, -0.05) is 25.4 Å². The van der Waals surface area contributed by atoms with Gasteiger partial charge in [0.2, 0.25) is 0 Å². The first-order chi connectivity index (χ1) is 8.42. The predicted octanol–water partition coefficient (Wildman–Crippen LogP) is 2.68. The molecule has 18 heavy (non-hydrogen) atoms. The Labute approximate surface area is 111 Å². The van der Waals surface area contributed by atoms with Gasteiger partial charge in [0, 0.05) is 0 Å². The summed E-state index contributed by atoms with van der Waals surface area (Å²) < 4.78 is 9.73. The Morgan fingerprint density at radius 2 is 1.94 bits per heavy atom. The van der Waals surface area contributed by atoms with Crippen molar-refractivity contribution in [1.82, 2.24) is 0 Å². The molecule has 0 aliphatic carbocycles. The summed E-state index contributed by atoms with van der Waals surface area (Å²) >= 11 is 6.08. The van der Waals surface area contributed by atoms with Crippen molar-refractivity contribution in [3.63, 3.8) is 0 Å². The fourth-order valence-electron chi connectivity index (χ4n) is 1.69. The molecule has 0 fully saturated rings. The maximum absolute atomic E-state index is 11.3. The Morgan fingerprint density at radius 3 is 2.39 bits per heavy atom. The first kappa shape index (κ1) is 14.8. The molecule has 1 atom stereocenters. The van der Waals surface area contributed by atoms with Crippen LogP contribution in [0, 0.1) is 0 Å². The van der Waals surface area contributed by atoms with Crippen LogP contribution in [0.1, 0.15) is 37.0 Å². The number of esters is 1. The topological polar surface area (TPSA) is 55.8 Å². The van der Waals surface area contributed by atoms with Crippen molar-refractivity contribution in [2.24, 2.45) is 0 Å². The highest BCUT2D eigenvalue weighted by Crippen LogP contribution is 2.36. The zero-order valence-corrected chi connectivity index (χ0v) is 11.6. The highest BCUT2D eigenvalue weighted by Gasteiger charge is 2.22. The average molecular weight is 273 g/mol. The van der Waals surface area contributed by atoms with E-state index in [2.05, 4.69) is 4.74 Å². The number of hydrogen-bond acceptors (Lipinski definition) is 4. The molecule has 0 aliphatic rings. The summed E-state index contributed by atoms with van der Waals surface area (Å²) in [6.07, 6.45) is -1.34. The molecule has 0 amide bonds. The molecular weight excluding hydrogens is 256 g/mol. The van der Waals surface area contributed by atoms with Crippen LogP contribution < -0.4 is 4.74 Å². The van der Waals surface area contributed by atoms with Crippen LogP contribution >= 0.6 is 11.6 Å². The number of aliphatic hydroxyl groups is 1. The van der Waals surface area contributed by atoms with Crippen LogP contribution in [0.25, 0.3) is 0 Å². The number of carbonyl (C=O) groups is 1. The number of methoxy groups -OCH3 is 2. The second-order valence-electron chi connectivity index (χ2n) is 4.21. The lowest BCUT2D eigenvalue weighted by Crippen LogP contribution is -2.14. The van der Waals surface area contributed by atoms with E-state index in [-0.39, 0.29) is 5.92 Å². The minimum absolute atomic E-state index is 0.155. The molecule has 1 rings (SSSR count). The van der Waals surface area contributed by atoms with Gasteiger partial charge >= 0.3 is 5.97 Å². The number of ether oxygens (including phenoxy) is 2. The minimum Gasteiger partial charge on any atom is -0.495 e. The van der Waals surface area contributed by atoms with Crippen LogP contribution in [-0.4, -0.2) is 25.3 Å². The monoisotopic (exact) mass is 272 g/mol. The summed E-state index contributed by atoms with van der Waals surface area (Å²) in [5, 5.41) is 10.2. The Bertz CT molecular complexity index is 443. The van der Waals surface area contributed by atoms with E-state index in [1.807, 2.05) is 13.8 Å². The van der Waals surface area contributed by atoms with E-state index in [1.54, 1.807) is 6.07 Å². The molecule has 1 aromatic carbocycles. The van der Waals surface area contributed by atoms with Crippen molar-refractivity contribution in [3.05, 3.63) is 28.3 Å². The number of rotatable bonds is 4. The van der Waals surface area contributed by atoms with Crippen LogP contribution in [0.2, 0.25) is 5.02 Å². The van der Waals surface area contributed by atoms with E-state index < -0.39 is 12.1 Å². The Morgan fingerprint density at radius 1 is 1.33 bits per heavy atom. The van der Waals surface area contributed by atoms with Gasteiger partial charge in [-0.05, 0) is 29.2 Å². The summed E-state index contributed by atoms with van der Waals surface area (Å²) in [5.74, 6) is 0.000619. The van der Waals surface area contributed by atoms with Crippen LogP contribution in [-0.2, 0) is 9.53 Å². The zero-order chi connectivity index (χ0) is 13.9. The summed E-state index contributed by atoms with van der Waals surface area (Å²) in [6.45, 7) is 3.95. The molecule has 0 bridgehead atoms. The van der Waals surface area contributed by atoms with Gasteiger partial charge in [0.1, 0.15) is 5.75 Å². The van der Waals surface area contributed by atoms with Gasteiger partial charge in [0.15, 0.2) is 6.10 Å². The van der Waals surface area contributed by atoms with E-state index in [1.165, 1.54) is 20.3 Å². The molecule has 0 saturated carbocycles. The molecule has 5 heteroatoms. The van der Waals surface area contributed by atoms with Crippen molar-refractivity contribution in [3.8, 4) is 5.75 Å². The molecule has 0 aromatic heterocycles. The fourth-order valence-corrected chi connectivity index (χ4v) is 2.00. The van der Waals surface area contributed by atoms with E-state index >= 15 is 0 Å². The van der Waals surface area contributed by atoms with Crippen LogP contribution in [0.4, 0.5) is 0 Å². The SMILES string of the molecule is COC(=O)C(O)c1cc(Cl)c(OC)c(C(C)C)c1. The quantitative estimate of drug-likeness (QED) is 0.856. The van der Waals surface area contributed by atoms with Crippen molar-refractivity contribution < 1.29 is 19.4 Å². The fraction of sp³-hybridized carbons (Fsp3) is 0.462. The molecule has 4 nitrogen and oxygen atoms in total. The number of hydrogen-bond donors (Lipinski definition) is 1. The van der Waals surface area contributed by atoms with Crippen molar-refractivity contribution in [2.75, 3.05) is 14.2 Å². The van der Waals surface area contributed by atoms with Crippen LogP contribution in [0.15, 0.2) is 12.1 Å². The first-order valence-corrected chi connectivity index (χ1v) is 5.93. The molecule has 0 radical (unpaired) electrons. The van der Waals surface area contributed by atoms with E-state index in [9.17, 15) is 9.90 Å². The largest absolute Gasteiger partial charge is 0.495 e. The lowest BCUT2D eigenvalue weighted by atomic mass is 9.97. The number of aliphatic hydroxyl groups excluding tert-OH is 1. The second kappa shape index (κ2) is 6.07. The van der Waals surface area contributed by atoms with Gasteiger partial charge in [-0.3, -0.25) is 0 Å². The lowest BCUT2D eigenvalue weighted by molar-refractivity contribution is -0.150. The van der Waals surface area contributed by atoms with Crippen molar-refractivity contribution in [1.29, 1.82) is 0 Å². The normalized spacial score (nSPS) is 12.4. The molecule has 1 aromatic rings. The van der Waals surface area contributed by atoms with Gasteiger partial charge in [0.05, 0.1) is 19.2 Å². The molecule has 1 N–H and O–H groups in total. The molecule has 1 unspecified atom stereocenters. The van der Waals surface area contributed by atoms with E-state index in [0.29, 0.717) is 16.3 Å². The highest BCUT2D eigenvalue weighted by molar-refractivity contribution is 6.32. The average Bonchev–Trinajstić information content (AvgIpc) is 2.35. The summed E-state index contributed by atoms with van der Waals surface area (Å²) in [6, 6.07) is 3.21. The maximum Gasteiger partial charge on any atom is 0.339 e. The standard InChI is InChI=1S/C13H17ClO4/c1-7(2)9-5-8(11(15)13(16)18-4)6-10(14)12(9)17-3/h5-7,11,15H,1-4H3. The van der Waals surface area contributed by atoms with Gasteiger partial charge in [-0.2, -0.15) is 0 Å². The first-order valence-electron chi connectivity index (χ1n) is 5.55. The highest BCUT2D eigenvalue weighted by atomic mass is 35.5. The molecule has 0 aliphatic heterocycles. The number of carbonyl (C=O) groups excluding carboxylic acids is 1. The van der Waals surface area contributed by atoms with Gasteiger partial charge < -0.3 is 14.6 Å². The summed E-state index contributed by atoms with van der Waals surface area (Å²) in [5.41, 5.74) is 1.24. The molecule has 0 saturated heterocycles. The van der Waals surface area contributed by atoms with E-state index in [4.69, 9.17) is 16.3 Å². The third kappa shape index (κ3) is 2.94. The Kier molecular flexibility index (Phi) is 4.99. The zero-order valence-electron chi connectivity index (χ0n) is 10.9. The van der Waals surface area contributed by atoms with Gasteiger partial charge in [-0.15, -0.1) is 0 Å². The van der Waals surface area contributed by atoms with Crippen LogP contribution in [0.3, 0.4) is 0 Å². The van der Waals surface area contributed by atoms with Crippen LogP contribution in [0.5, 0.6) is 5.75 Å². The third-order valence-electron chi connectivity index (χ3n) is 2.66. The second-order valence-corrected chi connectivity index (χ2v) is 4.61. The number of benzene rings is 1. The summed E-state index contributed by atoms with van der Waals surface area (Å²) in [4.78, 5) is 11.3. The lowest BCUT2D eigenvalue weighted by Gasteiger charge is -2.17. The molecule has 100 valence electrons. The number of halogens is 1. The maximum atomic E-state index is 11.3. The third-order valence-corrected chi connectivity index (χ3v) is 2.94. The van der Waals surface area contributed by atoms with Crippen molar-refractivity contribution in [2.45, 2.75) is 25.9 Å². The predicted molar refractivity (Wildman–Crippen MR) is 69.1 cm³/mol. The van der Waals surface area contributed by atoms with Gasteiger partial charge in [-0.25, -0.2) is 4.79 Å². The minimum atomic E-state index is -1.34. The van der Waals surface area contributed by atoms with E-state index in [0.717, 1.165) is 5.56 Å². The Hall–Kier alpha value is -1.26. The van der Waals surface area contributed by atoms with Gasteiger partial charge in [0.25, 0.3) is 0 Å². The molecule has 0 spiro atoms. The Balaban J connectivity index is 3.28. The molecule has 0 heterocycles. The smallest absolute Gasteiger partial charge is 0.339 e.